The summed E-state index contributed by atoms with van der Waals surface area (Å²) >= 11 is 0. The number of amides is 1. The first kappa shape index (κ1) is 14.5. The molecule has 0 unspecified atom stereocenters. The van der Waals surface area contributed by atoms with Gasteiger partial charge in [0.1, 0.15) is 6.26 Å². The van der Waals surface area contributed by atoms with Gasteiger partial charge in [-0.1, -0.05) is 5.16 Å². The molecule has 0 spiro atoms. The number of carbonyl (C=O) groups is 1. The van der Waals surface area contributed by atoms with Crippen LogP contribution in [0.2, 0.25) is 0 Å². The molecule has 0 bridgehead atoms. The number of nitrogens with zero attached hydrogens (tertiary/aromatic N) is 3. The van der Waals surface area contributed by atoms with Crippen LogP contribution in [0, 0.1) is 0 Å². The highest BCUT2D eigenvalue weighted by molar-refractivity contribution is 5.92. The summed E-state index contributed by atoms with van der Waals surface area (Å²) in [4.78, 5) is 16.3. The first-order chi connectivity index (χ1) is 10.3. The maximum Gasteiger partial charge on any atom is 0.276 e. The highest BCUT2D eigenvalue weighted by Crippen LogP contribution is 2.20. The molecule has 1 amide bonds. The molecule has 2 aliphatic heterocycles. The van der Waals surface area contributed by atoms with E-state index in [1.165, 1.54) is 6.26 Å². The zero-order chi connectivity index (χ0) is 14.7. The van der Waals surface area contributed by atoms with E-state index in [4.69, 9.17) is 9.26 Å². The van der Waals surface area contributed by atoms with Gasteiger partial charge in [-0.25, -0.2) is 0 Å². The molecular weight excluding hydrogens is 274 g/mol. The average Bonchev–Trinajstić information content (AvgIpc) is 2.98. The van der Waals surface area contributed by atoms with Gasteiger partial charge in [0.2, 0.25) is 0 Å². The minimum absolute atomic E-state index is 0.101. The molecule has 1 aromatic heterocycles. The van der Waals surface area contributed by atoms with Gasteiger partial charge in [0.05, 0.1) is 19.3 Å². The summed E-state index contributed by atoms with van der Waals surface area (Å²) in [5.74, 6) is -0.126. The lowest BCUT2D eigenvalue weighted by molar-refractivity contribution is -0.0222. The molecule has 2 aliphatic rings. The molecular formula is C14H21N3O4. The van der Waals surface area contributed by atoms with E-state index in [-0.39, 0.29) is 11.9 Å². The van der Waals surface area contributed by atoms with Crippen molar-refractivity contribution in [2.24, 2.45) is 0 Å². The van der Waals surface area contributed by atoms with Crippen LogP contribution in [0.4, 0.5) is 0 Å². The van der Waals surface area contributed by atoms with Crippen LogP contribution >= 0.6 is 0 Å². The van der Waals surface area contributed by atoms with Crippen molar-refractivity contribution in [3.63, 3.8) is 0 Å². The van der Waals surface area contributed by atoms with E-state index in [0.29, 0.717) is 38.4 Å². The Morgan fingerprint density at radius 1 is 1.24 bits per heavy atom. The number of ether oxygens (including phenoxy) is 1. The summed E-state index contributed by atoms with van der Waals surface area (Å²) in [7, 11) is 0. The fourth-order valence-corrected chi connectivity index (χ4v) is 3.10. The quantitative estimate of drug-likeness (QED) is 0.825. The molecule has 2 fully saturated rings. The normalized spacial score (nSPS) is 28.3. The van der Waals surface area contributed by atoms with Crippen molar-refractivity contribution in [1.82, 2.24) is 15.0 Å². The van der Waals surface area contributed by atoms with Crippen molar-refractivity contribution in [1.29, 1.82) is 0 Å². The lowest BCUT2D eigenvalue weighted by Crippen LogP contribution is -2.49. The number of likely N-dealkylation sites (tertiary alicyclic amines) is 1. The highest BCUT2D eigenvalue weighted by atomic mass is 16.5. The van der Waals surface area contributed by atoms with Gasteiger partial charge in [-0.15, -0.1) is 0 Å². The predicted octanol–water partition coefficient (Wildman–Crippen LogP) is -0.0277. The maximum absolute atomic E-state index is 12.3. The zero-order valence-corrected chi connectivity index (χ0v) is 12.0. The third kappa shape index (κ3) is 3.25. The highest BCUT2D eigenvalue weighted by Gasteiger charge is 2.32. The molecule has 0 radical (unpaired) electrons. The molecule has 1 N–H and O–H groups in total. The number of aliphatic hydroxyl groups is 1. The predicted molar refractivity (Wildman–Crippen MR) is 73.8 cm³/mol. The van der Waals surface area contributed by atoms with Crippen LogP contribution in [0.5, 0.6) is 0 Å². The molecule has 2 saturated heterocycles. The second-order valence-electron chi connectivity index (χ2n) is 5.54. The van der Waals surface area contributed by atoms with Gasteiger partial charge >= 0.3 is 0 Å². The Balaban J connectivity index is 1.63. The summed E-state index contributed by atoms with van der Waals surface area (Å²) in [5.41, 5.74) is 0.328. The van der Waals surface area contributed by atoms with Crippen LogP contribution in [0.25, 0.3) is 0 Å². The first-order valence-electron chi connectivity index (χ1n) is 7.45. The smallest absolute Gasteiger partial charge is 0.276 e. The summed E-state index contributed by atoms with van der Waals surface area (Å²) < 4.78 is 10.1. The summed E-state index contributed by atoms with van der Waals surface area (Å²) in [6.45, 7) is 4.30. The van der Waals surface area contributed by atoms with Crippen LogP contribution in [-0.2, 0) is 4.74 Å². The van der Waals surface area contributed by atoms with Gasteiger partial charge in [-0.2, -0.15) is 0 Å². The van der Waals surface area contributed by atoms with E-state index in [1.807, 2.05) is 0 Å². The van der Waals surface area contributed by atoms with Crippen molar-refractivity contribution >= 4 is 5.91 Å². The van der Waals surface area contributed by atoms with Gasteiger partial charge in [-0.3, -0.25) is 9.69 Å². The van der Waals surface area contributed by atoms with Crippen LogP contribution < -0.4 is 0 Å². The molecule has 0 saturated carbocycles. The molecule has 7 nitrogen and oxygen atoms in total. The van der Waals surface area contributed by atoms with E-state index < -0.39 is 6.10 Å². The molecule has 0 aliphatic carbocycles. The number of carbonyl (C=O) groups excluding carboxylic acids is 1. The Hall–Kier alpha value is -1.44. The molecule has 21 heavy (non-hydrogen) atoms. The van der Waals surface area contributed by atoms with Gasteiger partial charge in [0, 0.05) is 38.3 Å². The van der Waals surface area contributed by atoms with Crippen LogP contribution in [0.15, 0.2) is 16.9 Å². The minimum Gasteiger partial charge on any atom is -0.391 e. The molecule has 2 atom stereocenters. The van der Waals surface area contributed by atoms with Crippen molar-refractivity contribution in [3.05, 3.63) is 18.0 Å². The molecule has 7 heteroatoms. The van der Waals surface area contributed by atoms with Gasteiger partial charge in [-0.05, 0) is 12.8 Å². The Morgan fingerprint density at radius 3 is 2.71 bits per heavy atom. The van der Waals surface area contributed by atoms with Crippen molar-refractivity contribution in [2.45, 2.75) is 25.0 Å². The zero-order valence-electron chi connectivity index (χ0n) is 12.0. The molecule has 1 aromatic rings. The summed E-state index contributed by atoms with van der Waals surface area (Å²) in [5, 5.41) is 14.1. The van der Waals surface area contributed by atoms with Crippen molar-refractivity contribution in [2.75, 3.05) is 39.4 Å². The molecule has 116 valence electrons. The molecule has 3 heterocycles. The largest absolute Gasteiger partial charge is 0.391 e. The van der Waals surface area contributed by atoms with E-state index in [2.05, 4.69) is 10.1 Å². The topological polar surface area (TPSA) is 79.0 Å². The van der Waals surface area contributed by atoms with E-state index in [9.17, 15) is 9.90 Å². The third-order valence-electron chi connectivity index (χ3n) is 4.29. The second-order valence-corrected chi connectivity index (χ2v) is 5.54. The van der Waals surface area contributed by atoms with Crippen LogP contribution in [-0.4, -0.2) is 77.5 Å². The first-order valence-corrected chi connectivity index (χ1v) is 7.45. The summed E-state index contributed by atoms with van der Waals surface area (Å²) in [6.07, 6.45) is 2.35. The van der Waals surface area contributed by atoms with E-state index >= 15 is 0 Å². The Bertz CT molecular complexity index is 459. The Morgan fingerprint density at radius 2 is 2.00 bits per heavy atom. The Labute approximate surface area is 123 Å². The molecule has 3 rings (SSSR count). The molecule has 0 aromatic carbocycles. The average molecular weight is 295 g/mol. The minimum atomic E-state index is -0.404. The van der Waals surface area contributed by atoms with Crippen molar-refractivity contribution in [3.8, 4) is 0 Å². The Kier molecular flexibility index (Phi) is 4.52. The fourth-order valence-electron chi connectivity index (χ4n) is 3.10. The number of hydrogen-bond donors (Lipinski definition) is 1. The van der Waals surface area contributed by atoms with Gasteiger partial charge in [0.25, 0.3) is 5.91 Å². The number of hydrogen-bond acceptors (Lipinski definition) is 6. The monoisotopic (exact) mass is 295 g/mol. The van der Waals surface area contributed by atoms with Gasteiger partial charge in [0.15, 0.2) is 5.69 Å². The van der Waals surface area contributed by atoms with Crippen LogP contribution in [0.1, 0.15) is 23.3 Å². The standard InChI is InChI=1S/C14H21N3O4/c18-13-2-5-17(14(19)11-3-8-21-15-11)4-1-12(13)16-6-9-20-10-7-16/h3,8,12-13,18H,1-2,4-7,9-10H2/t12-,13-/m0/s1. The maximum atomic E-state index is 12.3. The number of aliphatic hydroxyl groups excluding tert-OH is 1. The second kappa shape index (κ2) is 6.55. The SMILES string of the molecule is O=C(c1ccon1)N1CC[C@H](O)[C@@H](N2CCOCC2)CC1. The number of aromatic nitrogens is 1. The third-order valence-corrected chi connectivity index (χ3v) is 4.29. The lowest BCUT2D eigenvalue weighted by atomic mass is 10.0. The van der Waals surface area contributed by atoms with E-state index in [0.717, 1.165) is 19.5 Å². The fraction of sp³-hybridized carbons (Fsp3) is 0.714. The van der Waals surface area contributed by atoms with Crippen LogP contribution in [0.3, 0.4) is 0 Å². The van der Waals surface area contributed by atoms with Gasteiger partial charge < -0.3 is 19.3 Å². The lowest BCUT2D eigenvalue weighted by Gasteiger charge is -2.36. The number of rotatable bonds is 2. The van der Waals surface area contributed by atoms with Crippen molar-refractivity contribution < 1.29 is 19.2 Å². The summed E-state index contributed by atoms with van der Waals surface area (Å²) in [6, 6.07) is 1.67. The number of morpholine rings is 1. The van der Waals surface area contributed by atoms with E-state index in [1.54, 1.807) is 11.0 Å².